The molecule has 0 aromatic carbocycles. The van der Waals surface area contributed by atoms with Gasteiger partial charge in [-0.25, -0.2) is 0 Å². The lowest BCUT2D eigenvalue weighted by molar-refractivity contribution is -0.115. The molecule has 1 rings (SSSR count). The molecule has 2 nitrogen and oxygen atoms in total. The molecule has 0 aliphatic carbocycles. The van der Waals surface area contributed by atoms with Crippen LogP contribution in [-0.4, -0.2) is 30.3 Å². The van der Waals surface area contributed by atoms with Crippen LogP contribution >= 0.6 is 0 Å². The minimum absolute atomic E-state index is 0.182. The van der Waals surface area contributed by atoms with Crippen LogP contribution in [0.15, 0.2) is 0 Å². The Bertz CT molecular complexity index is 189. The number of nitrogens with zero attached hydrogens (tertiary/aromatic N) is 1. The van der Waals surface area contributed by atoms with Crippen molar-refractivity contribution in [1.82, 2.24) is 4.90 Å². The van der Waals surface area contributed by atoms with Crippen molar-refractivity contribution in [3.05, 3.63) is 0 Å². The van der Waals surface area contributed by atoms with Crippen LogP contribution in [0.5, 0.6) is 0 Å². The monoisotopic (exact) mass is 183 g/mol. The Labute approximate surface area is 81.3 Å². The van der Waals surface area contributed by atoms with E-state index in [4.69, 9.17) is 0 Å². The molecule has 0 saturated carbocycles. The molecule has 2 unspecified atom stereocenters. The van der Waals surface area contributed by atoms with Crippen LogP contribution in [0.3, 0.4) is 0 Å². The van der Waals surface area contributed by atoms with E-state index in [9.17, 15) is 4.79 Å². The van der Waals surface area contributed by atoms with E-state index >= 15 is 0 Å². The normalized spacial score (nSPS) is 30.8. The summed E-state index contributed by atoms with van der Waals surface area (Å²) in [6.45, 7) is 10.6. The van der Waals surface area contributed by atoms with Gasteiger partial charge in [0, 0.05) is 24.5 Å². The first-order valence-corrected chi connectivity index (χ1v) is 5.15. The molecule has 0 bridgehead atoms. The molecule has 0 aromatic heterocycles. The number of hydrogen-bond acceptors (Lipinski definition) is 2. The number of hydrogen-bond donors (Lipinski definition) is 0. The molecule has 0 N–H and O–H groups in total. The zero-order chi connectivity index (χ0) is 10.1. The Morgan fingerprint density at radius 2 is 2.08 bits per heavy atom. The first-order valence-electron chi connectivity index (χ1n) is 5.15. The maximum Gasteiger partial charge on any atom is 0.126 e. The number of rotatable bonds is 3. The van der Waals surface area contributed by atoms with Crippen molar-refractivity contribution in [2.75, 3.05) is 13.1 Å². The summed E-state index contributed by atoms with van der Waals surface area (Å²) in [7, 11) is 0. The van der Waals surface area contributed by atoms with Crippen molar-refractivity contribution in [1.29, 1.82) is 0 Å². The summed E-state index contributed by atoms with van der Waals surface area (Å²) in [6.07, 6.45) is 2.34. The molecule has 1 aliphatic heterocycles. The number of aldehydes is 1. The Morgan fingerprint density at radius 3 is 2.46 bits per heavy atom. The van der Waals surface area contributed by atoms with E-state index in [1.807, 2.05) is 13.8 Å². The highest BCUT2D eigenvalue weighted by Crippen LogP contribution is 2.25. The summed E-state index contributed by atoms with van der Waals surface area (Å²) in [5, 5.41) is 0. The third-order valence-corrected chi connectivity index (χ3v) is 2.84. The lowest BCUT2D eigenvalue weighted by Gasteiger charge is -2.28. The SMILES string of the molecule is CC1CC(C)N(CC(C)(C)C=O)C1. The van der Waals surface area contributed by atoms with Gasteiger partial charge in [0.1, 0.15) is 6.29 Å². The first kappa shape index (κ1) is 10.7. The molecule has 2 atom stereocenters. The third kappa shape index (κ3) is 2.80. The molecule has 0 radical (unpaired) electrons. The predicted molar refractivity (Wildman–Crippen MR) is 54.7 cm³/mol. The van der Waals surface area contributed by atoms with Gasteiger partial charge in [0.15, 0.2) is 0 Å². The van der Waals surface area contributed by atoms with Gasteiger partial charge in [0.25, 0.3) is 0 Å². The topological polar surface area (TPSA) is 20.3 Å². The number of carbonyl (C=O) groups excluding carboxylic acids is 1. The molecule has 0 spiro atoms. The van der Waals surface area contributed by atoms with E-state index in [1.54, 1.807) is 0 Å². The van der Waals surface area contributed by atoms with Crippen molar-refractivity contribution >= 4 is 6.29 Å². The summed E-state index contributed by atoms with van der Waals surface area (Å²) < 4.78 is 0. The van der Waals surface area contributed by atoms with Crippen LogP contribution in [0.25, 0.3) is 0 Å². The van der Waals surface area contributed by atoms with E-state index < -0.39 is 0 Å². The zero-order valence-electron chi connectivity index (χ0n) is 9.21. The second-order valence-electron chi connectivity index (χ2n) is 5.23. The molecule has 1 saturated heterocycles. The van der Waals surface area contributed by atoms with Gasteiger partial charge in [0.05, 0.1) is 0 Å². The zero-order valence-corrected chi connectivity index (χ0v) is 9.21. The summed E-state index contributed by atoms with van der Waals surface area (Å²) in [5.74, 6) is 0.789. The van der Waals surface area contributed by atoms with Crippen LogP contribution < -0.4 is 0 Å². The molecule has 1 fully saturated rings. The highest BCUT2D eigenvalue weighted by molar-refractivity contribution is 5.58. The van der Waals surface area contributed by atoms with Crippen LogP contribution in [-0.2, 0) is 4.79 Å². The standard InChI is InChI=1S/C11H21NO/c1-9-5-10(2)12(6-9)7-11(3,4)8-13/h8-10H,5-7H2,1-4H3. The minimum Gasteiger partial charge on any atom is -0.303 e. The smallest absolute Gasteiger partial charge is 0.126 e. The largest absolute Gasteiger partial charge is 0.303 e. The van der Waals surface area contributed by atoms with Crippen molar-refractivity contribution in [3.8, 4) is 0 Å². The Morgan fingerprint density at radius 1 is 1.46 bits per heavy atom. The summed E-state index contributed by atoms with van der Waals surface area (Å²) in [6, 6.07) is 0.647. The van der Waals surface area contributed by atoms with Crippen LogP contribution in [0, 0.1) is 11.3 Å². The third-order valence-electron chi connectivity index (χ3n) is 2.84. The fraction of sp³-hybridized carbons (Fsp3) is 0.909. The molecule has 1 heterocycles. The van der Waals surface area contributed by atoms with E-state index in [0.717, 1.165) is 25.3 Å². The van der Waals surface area contributed by atoms with E-state index in [1.165, 1.54) is 6.42 Å². The minimum atomic E-state index is -0.182. The van der Waals surface area contributed by atoms with Gasteiger partial charge in [-0.15, -0.1) is 0 Å². The van der Waals surface area contributed by atoms with Crippen molar-refractivity contribution in [2.24, 2.45) is 11.3 Å². The van der Waals surface area contributed by atoms with Crippen LogP contribution in [0.2, 0.25) is 0 Å². The second kappa shape index (κ2) is 3.79. The predicted octanol–water partition coefficient (Wildman–Crippen LogP) is 1.94. The van der Waals surface area contributed by atoms with E-state index in [0.29, 0.717) is 6.04 Å². The quantitative estimate of drug-likeness (QED) is 0.623. The Balaban J connectivity index is 2.50. The second-order valence-corrected chi connectivity index (χ2v) is 5.23. The van der Waals surface area contributed by atoms with Crippen molar-refractivity contribution in [2.45, 2.75) is 40.2 Å². The average Bonchev–Trinajstić information content (AvgIpc) is 2.30. The Hall–Kier alpha value is -0.370. The van der Waals surface area contributed by atoms with Crippen LogP contribution in [0.4, 0.5) is 0 Å². The summed E-state index contributed by atoms with van der Waals surface area (Å²) in [5.41, 5.74) is -0.182. The molecular formula is C11H21NO. The number of carbonyl (C=O) groups is 1. The van der Waals surface area contributed by atoms with Crippen LogP contribution in [0.1, 0.15) is 34.1 Å². The van der Waals surface area contributed by atoms with Crippen molar-refractivity contribution in [3.63, 3.8) is 0 Å². The molecular weight excluding hydrogens is 162 g/mol. The van der Waals surface area contributed by atoms with Gasteiger partial charge in [-0.2, -0.15) is 0 Å². The number of likely N-dealkylation sites (tertiary alicyclic amines) is 1. The lowest BCUT2D eigenvalue weighted by atomic mass is 9.95. The molecule has 13 heavy (non-hydrogen) atoms. The van der Waals surface area contributed by atoms with Gasteiger partial charge < -0.3 is 4.79 Å². The highest BCUT2D eigenvalue weighted by atomic mass is 16.1. The molecule has 1 aliphatic rings. The molecule has 76 valence electrons. The fourth-order valence-corrected chi connectivity index (χ4v) is 2.17. The summed E-state index contributed by atoms with van der Waals surface area (Å²) >= 11 is 0. The lowest BCUT2D eigenvalue weighted by Crippen LogP contribution is -2.37. The first-order chi connectivity index (χ1) is 5.94. The van der Waals surface area contributed by atoms with Gasteiger partial charge in [-0.05, 0) is 19.3 Å². The van der Waals surface area contributed by atoms with Gasteiger partial charge in [-0.1, -0.05) is 20.8 Å². The van der Waals surface area contributed by atoms with E-state index in [-0.39, 0.29) is 5.41 Å². The average molecular weight is 183 g/mol. The maximum atomic E-state index is 10.8. The van der Waals surface area contributed by atoms with Crippen molar-refractivity contribution < 1.29 is 4.79 Å². The fourth-order valence-electron chi connectivity index (χ4n) is 2.17. The molecule has 0 aromatic rings. The van der Waals surface area contributed by atoms with Gasteiger partial charge in [-0.3, -0.25) is 4.90 Å². The van der Waals surface area contributed by atoms with E-state index in [2.05, 4.69) is 18.7 Å². The Kier molecular flexibility index (Phi) is 3.12. The van der Waals surface area contributed by atoms with Gasteiger partial charge in [0.2, 0.25) is 0 Å². The summed E-state index contributed by atoms with van der Waals surface area (Å²) in [4.78, 5) is 13.2. The van der Waals surface area contributed by atoms with Gasteiger partial charge >= 0.3 is 0 Å². The maximum absolute atomic E-state index is 10.8. The molecule has 0 amide bonds. The highest BCUT2D eigenvalue weighted by Gasteiger charge is 2.30. The molecule has 2 heteroatoms.